The summed E-state index contributed by atoms with van der Waals surface area (Å²) in [6.07, 6.45) is 0. The van der Waals surface area contributed by atoms with E-state index in [1.54, 1.807) is 0 Å². The fraction of sp³-hybridized carbons (Fsp3) is 0.412. The monoisotopic (exact) mass is 346 g/mol. The summed E-state index contributed by atoms with van der Waals surface area (Å²) in [6, 6.07) is 5.69. The second-order valence-electron chi connectivity index (χ2n) is 6.44. The molecule has 126 valence electrons. The third-order valence-corrected chi connectivity index (χ3v) is 4.95. The zero-order valence-corrected chi connectivity index (χ0v) is 14.4. The first kappa shape index (κ1) is 15.4. The van der Waals surface area contributed by atoms with E-state index in [1.807, 2.05) is 42.3 Å². The molecule has 1 saturated heterocycles. The van der Waals surface area contributed by atoms with E-state index in [4.69, 9.17) is 14.2 Å². The Labute approximate surface area is 144 Å². The van der Waals surface area contributed by atoms with Crippen LogP contribution in [-0.4, -0.2) is 47.9 Å². The third-order valence-electron chi connectivity index (χ3n) is 4.06. The predicted octanol–water partition coefficient (Wildman–Crippen LogP) is 2.79. The molecule has 6 nitrogen and oxygen atoms in total. The van der Waals surface area contributed by atoms with Crippen LogP contribution in [0.4, 0.5) is 0 Å². The minimum absolute atomic E-state index is 0.0466. The lowest BCUT2D eigenvalue weighted by atomic mass is 10.1. The molecular formula is C17H18N2O4S. The molecule has 1 aromatic carbocycles. The smallest absolute Gasteiger partial charge is 0.273 e. The van der Waals surface area contributed by atoms with Crippen LogP contribution in [0.15, 0.2) is 23.6 Å². The van der Waals surface area contributed by atoms with Gasteiger partial charge in [-0.05, 0) is 32.0 Å². The average Bonchev–Trinajstić information content (AvgIpc) is 3.21. The fourth-order valence-corrected chi connectivity index (χ4v) is 3.68. The van der Waals surface area contributed by atoms with Gasteiger partial charge in [0.2, 0.25) is 6.79 Å². The number of ether oxygens (including phenoxy) is 3. The van der Waals surface area contributed by atoms with Crippen LogP contribution < -0.4 is 9.47 Å². The minimum atomic E-state index is -0.315. The molecule has 7 heteroatoms. The molecule has 0 saturated carbocycles. The number of nitrogens with zero attached hydrogens (tertiary/aromatic N) is 2. The van der Waals surface area contributed by atoms with Crippen LogP contribution in [0.1, 0.15) is 24.3 Å². The van der Waals surface area contributed by atoms with Gasteiger partial charge in [-0.1, -0.05) is 0 Å². The number of carbonyl (C=O) groups excluding carboxylic acids is 1. The van der Waals surface area contributed by atoms with Crippen LogP contribution in [0, 0.1) is 0 Å². The Morgan fingerprint density at radius 2 is 2.12 bits per heavy atom. The first-order valence-electron chi connectivity index (χ1n) is 7.81. The highest BCUT2D eigenvalue weighted by Crippen LogP contribution is 2.36. The van der Waals surface area contributed by atoms with Gasteiger partial charge in [0.25, 0.3) is 5.91 Å². The summed E-state index contributed by atoms with van der Waals surface area (Å²) in [5.74, 6) is 1.40. The normalized spacial score (nSPS) is 18.7. The molecule has 3 heterocycles. The van der Waals surface area contributed by atoms with Gasteiger partial charge in [0, 0.05) is 24.0 Å². The van der Waals surface area contributed by atoms with Gasteiger partial charge in [-0.25, -0.2) is 4.98 Å². The van der Waals surface area contributed by atoms with Gasteiger partial charge in [0.1, 0.15) is 10.7 Å². The summed E-state index contributed by atoms with van der Waals surface area (Å²) >= 11 is 1.45. The highest BCUT2D eigenvalue weighted by Gasteiger charge is 2.31. The maximum absolute atomic E-state index is 12.7. The van der Waals surface area contributed by atoms with Gasteiger partial charge in [-0.2, -0.15) is 0 Å². The van der Waals surface area contributed by atoms with Gasteiger partial charge in [0.15, 0.2) is 11.5 Å². The van der Waals surface area contributed by atoms with Crippen molar-refractivity contribution >= 4 is 17.2 Å². The van der Waals surface area contributed by atoms with Gasteiger partial charge in [-0.15, -0.1) is 11.3 Å². The lowest BCUT2D eigenvalue weighted by Gasteiger charge is -2.37. The van der Waals surface area contributed by atoms with Crippen molar-refractivity contribution in [2.45, 2.75) is 19.4 Å². The molecule has 0 spiro atoms. The molecule has 1 aromatic heterocycles. The Hall–Kier alpha value is -2.12. The van der Waals surface area contributed by atoms with E-state index in [0.717, 1.165) is 16.3 Å². The van der Waals surface area contributed by atoms with Crippen LogP contribution in [-0.2, 0) is 4.74 Å². The van der Waals surface area contributed by atoms with E-state index in [2.05, 4.69) is 4.98 Å². The summed E-state index contributed by atoms with van der Waals surface area (Å²) < 4.78 is 16.4. The van der Waals surface area contributed by atoms with Crippen molar-refractivity contribution in [3.05, 3.63) is 29.3 Å². The second kappa shape index (κ2) is 5.75. The fourth-order valence-electron chi connectivity index (χ4n) is 2.89. The molecule has 2 aromatic rings. The van der Waals surface area contributed by atoms with Gasteiger partial charge < -0.3 is 19.1 Å². The lowest BCUT2D eigenvalue weighted by molar-refractivity contribution is -0.0764. The van der Waals surface area contributed by atoms with Crippen molar-refractivity contribution in [1.29, 1.82) is 0 Å². The number of hydrogen-bond acceptors (Lipinski definition) is 6. The highest BCUT2D eigenvalue weighted by molar-refractivity contribution is 7.13. The number of carbonyl (C=O) groups is 1. The Kier molecular flexibility index (Phi) is 3.69. The number of morpholine rings is 1. The molecule has 2 aliphatic rings. The van der Waals surface area contributed by atoms with Crippen molar-refractivity contribution in [2.75, 3.05) is 26.5 Å². The number of amides is 1. The molecule has 4 rings (SSSR count). The summed E-state index contributed by atoms with van der Waals surface area (Å²) in [5.41, 5.74) is 1.08. The molecule has 0 atom stereocenters. The standard InChI is InChI=1S/C17H18N2O4S/c1-17(2)9-19(5-6-23-17)16(20)12-8-24-15(18-12)11-3-4-13-14(7-11)22-10-21-13/h3-4,7-8H,5-6,9-10H2,1-2H3. The second-order valence-corrected chi connectivity index (χ2v) is 7.30. The topological polar surface area (TPSA) is 60.9 Å². The van der Waals surface area contributed by atoms with Crippen LogP contribution in [0.5, 0.6) is 11.5 Å². The Balaban J connectivity index is 1.55. The van der Waals surface area contributed by atoms with E-state index in [9.17, 15) is 4.79 Å². The van der Waals surface area contributed by atoms with Crippen LogP contribution in [0.2, 0.25) is 0 Å². The number of benzene rings is 1. The summed E-state index contributed by atoms with van der Waals surface area (Å²) in [6.45, 7) is 5.95. The Morgan fingerprint density at radius 3 is 2.96 bits per heavy atom. The molecule has 0 N–H and O–H groups in total. The summed E-state index contributed by atoms with van der Waals surface area (Å²) in [7, 11) is 0. The first-order chi connectivity index (χ1) is 11.5. The molecular weight excluding hydrogens is 328 g/mol. The number of thiazole rings is 1. The molecule has 1 fully saturated rings. The van der Waals surface area contributed by atoms with Crippen molar-refractivity contribution in [1.82, 2.24) is 9.88 Å². The molecule has 0 radical (unpaired) electrons. The van der Waals surface area contributed by atoms with Crippen LogP contribution in [0.3, 0.4) is 0 Å². The largest absolute Gasteiger partial charge is 0.454 e. The average molecular weight is 346 g/mol. The van der Waals surface area contributed by atoms with E-state index in [1.165, 1.54) is 11.3 Å². The molecule has 0 bridgehead atoms. The van der Waals surface area contributed by atoms with Crippen molar-refractivity contribution < 1.29 is 19.0 Å². The maximum atomic E-state index is 12.7. The van der Waals surface area contributed by atoms with E-state index >= 15 is 0 Å². The SMILES string of the molecule is CC1(C)CN(C(=O)c2csc(-c3ccc4c(c3)OCO4)n2)CCO1. The maximum Gasteiger partial charge on any atom is 0.273 e. The molecule has 1 amide bonds. The van der Waals surface area contributed by atoms with Gasteiger partial charge in [0.05, 0.1) is 12.2 Å². The lowest BCUT2D eigenvalue weighted by Crippen LogP contribution is -2.50. The van der Waals surface area contributed by atoms with E-state index < -0.39 is 0 Å². The van der Waals surface area contributed by atoms with Crippen molar-refractivity contribution in [3.63, 3.8) is 0 Å². The Bertz CT molecular complexity index is 787. The number of rotatable bonds is 2. The minimum Gasteiger partial charge on any atom is -0.454 e. The van der Waals surface area contributed by atoms with E-state index in [-0.39, 0.29) is 18.3 Å². The molecule has 24 heavy (non-hydrogen) atoms. The summed E-state index contributed by atoms with van der Waals surface area (Å²) in [4.78, 5) is 19.0. The van der Waals surface area contributed by atoms with E-state index in [0.29, 0.717) is 31.1 Å². The zero-order chi connectivity index (χ0) is 16.7. The highest BCUT2D eigenvalue weighted by atomic mass is 32.1. The van der Waals surface area contributed by atoms with Crippen LogP contribution in [0.25, 0.3) is 10.6 Å². The predicted molar refractivity (Wildman–Crippen MR) is 89.6 cm³/mol. The molecule has 0 unspecified atom stereocenters. The zero-order valence-electron chi connectivity index (χ0n) is 13.6. The number of hydrogen-bond donors (Lipinski definition) is 0. The van der Waals surface area contributed by atoms with Crippen molar-refractivity contribution in [2.24, 2.45) is 0 Å². The van der Waals surface area contributed by atoms with Gasteiger partial charge in [-0.3, -0.25) is 4.79 Å². The van der Waals surface area contributed by atoms with Crippen molar-refractivity contribution in [3.8, 4) is 22.1 Å². The number of aromatic nitrogens is 1. The summed E-state index contributed by atoms with van der Waals surface area (Å²) in [5, 5.41) is 2.61. The third kappa shape index (κ3) is 2.85. The van der Waals surface area contributed by atoms with Crippen LogP contribution >= 0.6 is 11.3 Å². The Morgan fingerprint density at radius 1 is 1.29 bits per heavy atom. The first-order valence-corrected chi connectivity index (χ1v) is 8.69. The molecule has 2 aliphatic heterocycles. The quantitative estimate of drug-likeness (QED) is 0.837. The number of fused-ring (bicyclic) bond motifs is 1. The molecule has 0 aliphatic carbocycles. The van der Waals surface area contributed by atoms with Gasteiger partial charge >= 0.3 is 0 Å².